The zero-order chi connectivity index (χ0) is 15.1. The first-order valence-corrected chi connectivity index (χ1v) is 6.97. The Morgan fingerprint density at radius 2 is 2.20 bits per heavy atom. The summed E-state index contributed by atoms with van der Waals surface area (Å²) in [6.45, 7) is 5.58. The lowest BCUT2D eigenvalue weighted by atomic mass is 10.1. The van der Waals surface area contributed by atoms with Crippen molar-refractivity contribution in [3.05, 3.63) is 18.0 Å². The first-order valence-electron chi connectivity index (χ1n) is 6.97. The predicted octanol–water partition coefficient (Wildman–Crippen LogP) is 1.56. The normalized spacial score (nSPS) is 10.8. The minimum absolute atomic E-state index is 0.131. The molecule has 0 atom stereocenters. The van der Waals surface area contributed by atoms with Crippen molar-refractivity contribution in [2.75, 3.05) is 12.3 Å². The Hall–Kier alpha value is -1.98. The van der Waals surface area contributed by atoms with Crippen LogP contribution in [0.1, 0.15) is 43.6 Å². The van der Waals surface area contributed by atoms with Crippen LogP contribution >= 0.6 is 0 Å². The molecule has 0 aliphatic heterocycles. The highest BCUT2D eigenvalue weighted by molar-refractivity contribution is 5.93. The SMILES string of the molecule is CC(C)CCn1cc(N)cc1C(=O)NCCCC(=N)N. The van der Waals surface area contributed by atoms with Crippen LogP contribution in [-0.4, -0.2) is 22.9 Å². The molecule has 6 N–H and O–H groups in total. The molecule has 0 saturated heterocycles. The van der Waals surface area contributed by atoms with Gasteiger partial charge in [-0.1, -0.05) is 13.8 Å². The van der Waals surface area contributed by atoms with Crippen LogP contribution in [0.2, 0.25) is 0 Å². The Labute approximate surface area is 120 Å². The fraction of sp³-hybridized carbons (Fsp3) is 0.571. The highest BCUT2D eigenvalue weighted by Gasteiger charge is 2.12. The largest absolute Gasteiger partial charge is 0.397 e. The van der Waals surface area contributed by atoms with Crippen LogP contribution in [-0.2, 0) is 6.54 Å². The number of anilines is 1. The molecule has 6 nitrogen and oxygen atoms in total. The molecule has 112 valence electrons. The van der Waals surface area contributed by atoms with Crippen LogP contribution in [0.4, 0.5) is 5.69 Å². The molecule has 0 fully saturated rings. The molecular weight excluding hydrogens is 254 g/mol. The van der Waals surface area contributed by atoms with Gasteiger partial charge in [0.25, 0.3) is 5.91 Å². The van der Waals surface area contributed by atoms with Crippen molar-refractivity contribution < 1.29 is 4.79 Å². The highest BCUT2D eigenvalue weighted by atomic mass is 16.1. The van der Waals surface area contributed by atoms with Gasteiger partial charge in [-0.25, -0.2) is 0 Å². The van der Waals surface area contributed by atoms with Crippen LogP contribution in [0.15, 0.2) is 12.3 Å². The van der Waals surface area contributed by atoms with Crippen molar-refractivity contribution in [3.63, 3.8) is 0 Å². The third kappa shape index (κ3) is 5.34. The number of amidine groups is 1. The molecular formula is C14H25N5O. The molecule has 0 spiro atoms. The van der Waals surface area contributed by atoms with Crippen LogP contribution in [0.3, 0.4) is 0 Å². The summed E-state index contributed by atoms with van der Waals surface area (Å²) >= 11 is 0. The minimum Gasteiger partial charge on any atom is -0.397 e. The molecule has 1 rings (SSSR count). The fourth-order valence-electron chi connectivity index (χ4n) is 1.88. The number of carbonyl (C=O) groups excluding carboxylic acids is 1. The minimum atomic E-state index is -0.131. The van der Waals surface area contributed by atoms with Crippen molar-refractivity contribution in [2.24, 2.45) is 11.7 Å². The number of nitrogen functional groups attached to an aromatic ring is 1. The lowest BCUT2D eigenvalue weighted by molar-refractivity contribution is 0.0943. The van der Waals surface area contributed by atoms with Crippen LogP contribution < -0.4 is 16.8 Å². The second-order valence-electron chi connectivity index (χ2n) is 5.42. The van der Waals surface area contributed by atoms with Crippen LogP contribution in [0.5, 0.6) is 0 Å². The number of rotatable bonds is 8. The lowest BCUT2D eigenvalue weighted by Gasteiger charge is -2.11. The van der Waals surface area contributed by atoms with Gasteiger partial charge >= 0.3 is 0 Å². The van der Waals surface area contributed by atoms with E-state index in [1.165, 1.54) is 0 Å². The number of carbonyl (C=O) groups is 1. The Balaban J connectivity index is 2.56. The number of hydrogen-bond acceptors (Lipinski definition) is 3. The third-order valence-corrected chi connectivity index (χ3v) is 3.01. The van der Waals surface area contributed by atoms with Crippen molar-refractivity contribution >= 4 is 17.4 Å². The van der Waals surface area contributed by atoms with Crippen molar-refractivity contribution in [1.29, 1.82) is 5.41 Å². The lowest BCUT2D eigenvalue weighted by Crippen LogP contribution is -2.27. The number of hydrogen-bond donors (Lipinski definition) is 4. The van der Waals surface area contributed by atoms with E-state index < -0.39 is 0 Å². The molecule has 0 saturated carbocycles. The Morgan fingerprint density at radius 1 is 1.50 bits per heavy atom. The van der Waals surface area contributed by atoms with Gasteiger partial charge < -0.3 is 21.4 Å². The second-order valence-corrected chi connectivity index (χ2v) is 5.42. The van der Waals surface area contributed by atoms with Gasteiger partial charge in [-0.15, -0.1) is 0 Å². The van der Waals surface area contributed by atoms with E-state index in [2.05, 4.69) is 19.2 Å². The van der Waals surface area contributed by atoms with Gasteiger partial charge in [0.15, 0.2) is 0 Å². The first kappa shape index (κ1) is 16.1. The Morgan fingerprint density at radius 3 is 2.80 bits per heavy atom. The zero-order valence-corrected chi connectivity index (χ0v) is 12.3. The van der Waals surface area contributed by atoms with E-state index in [1.807, 2.05) is 4.57 Å². The smallest absolute Gasteiger partial charge is 0.267 e. The number of aromatic nitrogens is 1. The average molecular weight is 279 g/mol. The van der Waals surface area contributed by atoms with Gasteiger partial charge in [-0.2, -0.15) is 0 Å². The van der Waals surface area contributed by atoms with E-state index in [0.717, 1.165) is 13.0 Å². The summed E-state index contributed by atoms with van der Waals surface area (Å²) < 4.78 is 1.90. The van der Waals surface area contributed by atoms with Gasteiger partial charge in [0.05, 0.1) is 11.5 Å². The first-order chi connectivity index (χ1) is 9.40. The van der Waals surface area contributed by atoms with E-state index >= 15 is 0 Å². The zero-order valence-electron chi connectivity index (χ0n) is 12.3. The molecule has 1 heterocycles. The summed E-state index contributed by atoms with van der Waals surface area (Å²) in [5.74, 6) is 0.586. The van der Waals surface area contributed by atoms with E-state index in [4.69, 9.17) is 16.9 Å². The molecule has 0 aromatic carbocycles. The van der Waals surface area contributed by atoms with E-state index in [1.54, 1.807) is 12.3 Å². The molecule has 0 unspecified atom stereocenters. The van der Waals surface area contributed by atoms with Crippen molar-refractivity contribution in [3.8, 4) is 0 Å². The number of nitrogens with zero attached hydrogens (tertiary/aromatic N) is 1. The number of nitrogens with two attached hydrogens (primary N) is 2. The van der Waals surface area contributed by atoms with Gasteiger partial charge in [0.1, 0.15) is 5.69 Å². The van der Waals surface area contributed by atoms with Gasteiger partial charge in [0.2, 0.25) is 0 Å². The highest BCUT2D eigenvalue weighted by Crippen LogP contribution is 2.13. The predicted molar refractivity (Wildman–Crippen MR) is 81.8 cm³/mol. The molecule has 1 aromatic heterocycles. The summed E-state index contributed by atoms with van der Waals surface area (Å²) in [4.78, 5) is 12.1. The maximum atomic E-state index is 12.1. The van der Waals surface area contributed by atoms with E-state index in [-0.39, 0.29) is 11.7 Å². The molecule has 0 radical (unpaired) electrons. The molecule has 0 aliphatic rings. The fourth-order valence-corrected chi connectivity index (χ4v) is 1.88. The molecule has 1 amide bonds. The summed E-state index contributed by atoms with van der Waals surface area (Å²) in [6, 6.07) is 1.70. The summed E-state index contributed by atoms with van der Waals surface area (Å²) in [5.41, 5.74) is 12.2. The van der Waals surface area contributed by atoms with Gasteiger partial charge in [-0.3, -0.25) is 10.2 Å². The van der Waals surface area contributed by atoms with Crippen LogP contribution in [0.25, 0.3) is 0 Å². The summed E-state index contributed by atoms with van der Waals surface area (Å²) in [5, 5.41) is 9.95. The molecule has 20 heavy (non-hydrogen) atoms. The number of aryl methyl sites for hydroxylation is 1. The topological polar surface area (TPSA) is 110 Å². The molecule has 0 aliphatic carbocycles. The standard InChI is InChI=1S/C14H25N5O/c1-10(2)5-7-19-9-11(15)8-12(19)14(20)18-6-3-4-13(16)17/h8-10H,3-7,15H2,1-2H3,(H3,16,17)(H,18,20). The van der Waals surface area contributed by atoms with E-state index in [0.29, 0.717) is 36.7 Å². The quantitative estimate of drug-likeness (QED) is 0.329. The Bertz CT molecular complexity index is 464. The van der Waals surface area contributed by atoms with Gasteiger partial charge in [0, 0.05) is 25.7 Å². The summed E-state index contributed by atoms with van der Waals surface area (Å²) in [6.07, 6.45) is 3.96. The number of amides is 1. The van der Waals surface area contributed by atoms with Gasteiger partial charge in [-0.05, 0) is 24.8 Å². The second kappa shape index (κ2) is 7.57. The van der Waals surface area contributed by atoms with Crippen LogP contribution in [0, 0.1) is 11.3 Å². The maximum Gasteiger partial charge on any atom is 0.267 e. The molecule has 0 bridgehead atoms. The van der Waals surface area contributed by atoms with E-state index in [9.17, 15) is 4.79 Å². The Kier molecular flexibility index (Phi) is 6.09. The molecule has 6 heteroatoms. The third-order valence-electron chi connectivity index (χ3n) is 3.01. The maximum absolute atomic E-state index is 12.1. The number of nitrogens with one attached hydrogen (secondary N) is 2. The van der Waals surface area contributed by atoms with Crippen molar-refractivity contribution in [1.82, 2.24) is 9.88 Å². The molecule has 1 aromatic rings. The average Bonchev–Trinajstić information content (AvgIpc) is 2.73. The monoisotopic (exact) mass is 279 g/mol. The van der Waals surface area contributed by atoms with Crippen molar-refractivity contribution in [2.45, 2.75) is 39.7 Å². The summed E-state index contributed by atoms with van der Waals surface area (Å²) in [7, 11) is 0.